The summed E-state index contributed by atoms with van der Waals surface area (Å²) in [5, 5.41) is 9.32. The second kappa shape index (κ2) is 7.68. The number of benzene rings is 1. The Labute approximate surface area is 133 Å². The van der Waals surface area contributed by atoms with Crippen molar-refractivity contribution in [2.75, 3.05) is 28.7 Å². The van der Waals surface area contributed by atoms with Crippen molar-refractivity contribution >= 4 is 46.6 Å². The standard InChI is InChI=1S/C14H18ClN3O2S/c1-9(19)17-12-3-2-10(15)6-13(12)18-14(20)7-11-8-21-5-4-16-11/h2-3,6,11,16H,4-5,7-8H2,1H3,(H,17,19)(H,18,20). The third-order valence-corrected chi connectivity index (χ3v) is 4.36. The van der Waals surface area contributed by atoms with Crippen LogP contribution in [0.2, 0.25) is 5.02 Å². The summed E-state index contributed by atoms with van der Waals surface area (Å²) in [7, 11) is 0. The Bertz CT molecular complexity index is 533. The molecule has 0 saturated carbocycles. The maximum absolute atomic E-state index is 12.1. The van der Waals surface area contributed by atoms with Gasteiger partial charge in [-0.25, -0.2) is 0 Å². The highest BCUT2D eigenvalue weighted by Crippen LogP contribution is 2.26. The minimum Gasteiger partial charge on any atom is -0.325 e. The number of carbonyl (C=O) groups excluding carboxylic acids is 2. The number of rotatable bonds is 4. The van der Waals surface area contributed by atoms with Gasteiger partial charge in [0, 0.05) is 42.5 Å². The van der Waals surface area contributed by atoms with E-state index in [1.165, 1.54) is 6.92 Å². The van der Waals surface area contributed by atoms with Crippen molar-refractivity contribution in [2.24, 2.45) is 0 Å². The number of hydrogen-bond donors (Lipinski definition) is 3. The summed E-state index contributed by atoms with van der Waals surface area (Å²) in [5.41, 5.74) is 1.07. The molecule has 1 aliphatic rings. The number of amides is 2. The first kappa shape index (κ1) is 16.1. The number of nitrogens with one attached hydrogen (secondary N) is 3. The van der Waals surface area contributed by atoms with Crippen molar-refractivity contribution in [3.05, 3.63) is 23.2 Å². The molecule has 1 unspecified atom stereocenters. The van der Waals surface area contributed by atoms with Crippen molar-refractivity contribution in [3.63, 3.8) is 0 Å². The minimum absolute atomic E-state index is 0.0936. The summed E-state index contributed by atoms with van der Waals surface area (Å²) in [4.78, 5) is 23.3. The van der Waals surface area contributed by atoms with E-state index in [0.717, 1.165) is 18.1 Å². The fraction of sp³-hybridized carbons (Fsp3) is 0.429. The number of carbonyl (C=O) groups is 2. The molecule has 21 heavy (non-hydrogen) atoms. The lowest BCUT2D eigenvalue weighted by Crippen LogP contribution is -2.39. The zero-order valence-electron chi connectivity index (χ0n) is 11.7. The van der Waals surface area contributed by atoms with Crippen molar-refractivity contribution < 1.29 is 9.59 Å². The van der Waals surface area contributed by atoms with Crippen LogP contribution in [0.15, 0.2) is 18.2 Å². The van der Waals surface area contributed by atoms with Crippen LogP contribution in [0.3, 0.4) is 0 Å². The SMILES string of the molecule is CC(=O)Nc1ccc(Cl)cc1NC(=O)CC1CSCCN1. The maximum Gasteiger partial charge on any atom is 0.226 e. The highest BCUT2D eigenvalue weighted by Gasteiger charge is 2.17. The molecule has 1 aromatic carbocycles. The second-order valence-electron chi connectivity index (χ2n) is 4.85. The zero-order chi connectivity index (χ0) is 15.2. The fourth-order valence-corrected chi connectivity index (χ4v) is 3.22. The number of thioether (sulfide) groups is 1. The molecule has 0 radical (unpaired) electrons. The van der Waals surface area contributed by atoms with Crippen LogP contribution in [0, 0.1) is 0 Å². The molecular formula is C14H18ClN3O2S. The summed E-state index contributed by atoms with van der Waals surface area (Å²) in [6.07, 6.45) is 0.402. The van der Waals surface area contributed by atoms with Crippen LogP contribution in [-0.4, -0.2) is 35.9 Å². The van der Waals surface area contributed by atoms with Crippen LogP contribution in [0.25, 0.3) is 0 Å². The number of hydrogen-bond acceptors (Lipinski definition) is 4. The first-order valence-corrected chi connectivity index (χ1v) is 8.26. The minimum atomic E-state index is -0.196. The molecule has 114 valence electrons. The third kappa shape index (κ3) is 5.22. The first-order valence-electron chi connectivity index (χ1n) is 6.72. The average Bonchev–Trinajstić information content (AvgIpc) is 2.42. The summed E-state index contributed by atoms with van der Waals surface area (Å²) in [5.74, 6) is 1.72. The Morgan fingerprint density at radius 1 is 1.38 bits per heavy atom. The molecule has 0 bridgehead atoms. The Hall–Kier alpha value is -1.24. The molecule has 0 aromatic heterocycles. The molecular weight excluding hydrogens is 310 g/mol. The number of anilines is 2. The Morgan fingerprint density at radius 3 is 2.86 bits per heavy atom. The Kier molecular flexibility index (Phi) is 5.90. The first-order chi connectivity index (χ1) is 10.0. The molecule has 7 heteroatoms. The van der Waals surface area contributed by atoms with Gasteiger partial charge in [0.25, 0.3) is 0 Å². The normalized spacial score (nSPS) is 18.1. The zero-order valence-corrected chi connectivity index (χ0v) is 13.3. The van der Waals surface area contributed by atoms with Crippen LogP contribution >= 0.6 is 23.4 Å². The van der Waals surface area contributed by atoms with E-state index in [1.54, 1.807) is 18.2 Å². The van der Waals surface area contributed by atoms with Crippen LogP contribution in [0.5, 0.6) is 0 Å². The van der Waals surface area contributed by atoms with Crippen molar-refractivity contribution in [3.8, 4) is 0 Å². The molecule has 1 atom stereocenters. The predicted molar refractivity (Wildman–Crippen MR) is 88.1 cm³/mol. The van der Waals surface area contributed by atoms with Gasteiger partial charge in [-0.2, -0.15) is 11.8 Å². The van der Waals surface area contributed by atoms with Gasteiger partial charge >= 0.3 is 0 Å². The van der Waals surface area contributed by atoms with Gasteiger partial charge in [-0.15, -0.1) is 0 Å². The summed E-state index contributed by atoms with van der Waals surface area (Å²) < 4.78 is 0. The van der Waals surface area contributed by atoms with E-state index in [9.17, 15) is 9.59 Å². The molecule has 2 rings (SSSR count). The molecule has 3 N–H and O–H groups in total. The molecule has 1 aromatic rings. The van der Waals surface area contributed by atoms with Crippen LogP contribution in [0.4, 0.5) is 11.4 Å². The van der Waals surface area contributed by atoms with Crippen molar-refractivity contribution in [1.82, 2.24) is 5.32 Å². The molecule has 5 nitrogen and oxygen atoms in total. The summed E-state index contributed by atoms with van der Waals surface area (Å²) >= 11 is 7.79. The third-order valence-electron chi connectivity index (χ3n) is 3.00. The lowest BCUT2D eigenvalue weighted by molar-refractivity contribution is -0.116. The summed E-state index contributed by atoms with van der Waals surface area (Å²) in [6, 6.07) is 5.16. The lowest BCUT2D eigenvalue weighted by atomic mass is 10.2. The second-order valence-corrected chi connectivity index (χ2v) is 6.44. The van der Waals surface area contributed by atoms with Crippen molar-refractivity contribution in [2.45, 2.75) is 19.4 Å². The van der Waals surface area contributed by atoms with Gasteiger partial charge in [0.15, 0.2) is 0 Å². The highest BCUT2D eigenvalue weighted by atomic mass is 35.5. The largest absolute Gasteiger partial charge is 0.325 e. The maximum atomic E-state index is 12.1. The number of halogens is 1. The molecule has 1 saturated heterocycles. The Balaban J connectivity index is 2.01. The molecule has 1 heterocycles. The van der Waals surface area contributed by atoms with E-state index in [2.05, 4.69) is 16.0 Å². The molecule has 2 amide bonds. The highest BCUT2D eigenvalue weighted by molar-refractivity contribution is 7.99. The van der Waals surface area contributed by atoms with Gasteiger partial charge < -0.3 is 16.0 Å². The molecule has 0 spiro atoms. The van der Waals surface area contributed by atoms with E-state index < -0.39 is 0 Å². The van der Waals surface area contributed by atoms with Crippen molar-refractivity contribution in [1.29, 1.82) is 0 Å². The topological polar surface area (TPSA) is 70.2 Å². The quantitative estimate of drug-likeness (QED) is 0.794. The van der Waals surface area contributed by atoms with Gasteiger partial charge in [-0.05, 0) is 18.2 Å². The van der Waals surface area contributed by atoms with Crippen LogP contribution in [0.1, 0.15) is 13.3 Å². The molecule has 1 fully saturated rings. The van der Waals surface area contributed by atoms with E-state index in [1.807, 2.05) is 11.8 Å². The van der Waals surface area contributed by atoms with E-state index >= 15 is 0 Å². The Morgan fingerprint density at radius 2 is 2.19 bits per heavy atom. The smallest absolute Gasteiger partial charge is 0.226 e. The van der Waals surface area contributed by atoms with E-state index in [-0.39, 0.29) is 17.9 Å². The van der Waals surface area contributed by atoms with E-state index in [4.69, 9.17) is 11.6 Å². The lowest BCUT2D eigenvalue weighted by Gasteiger charge is -2.22. The van der Waals surface area contributed by atoms with E-state index in [0.29, 0.717) is 22.8 Å². The molecule has 0 aliphatic carbocycles. The van der Waals surface area contributed by atoms with Gasteiger partial charge in [0.1, 0.15) is 0 Å². The predicted octanol–water partition coefficient (Wildman–Crippen LogP) is 2.33. The van der Waals surface area contributed by atoms with Gasteiger partial charge in [0.05, 0.1) is 11.4 Å². The fourth-order valence-electron chi connectivity index (χ4n) is 2.09. The van der Waals surface area contributed by atoms with Gasteiger partial charge in [0.2, 0.25) is 11.8 Å². The summed E-state index contributed by atoms with van der Waals surface area (Å²) in [6.45, 7) is 2.35. The van der Waals surface area contributed by atoms with Crippen LogP contribution in [-0.2, 0) is 9.59 Å². The van der Waals surface area contributed by atoms with Crippen LogP contribution < -0.4 is 16.0 Å². The van der Waals surface area contributed by atoms with Gasteiger partial charge in [-0.1, -0.05) is 11.6 Å². The molecule has 1 aliphatic heterocycles. The average molecular weight is 328 g/mol. The monoisotopic (exact) mass is 327 g/mol. The van der Waals surface area contributed by atoms with Gasteiger partial charge in [-0.3, -0.25) is 9.59 Å².